The predicted molar refractivity (Wildman–Crippen MR) is 344 cm³/mol. The molecule has 0 aromatic rings. The summed E-state index contributed by atoms with van der Waals surface area (Å²) in [5.41, 5.74) is 0. The lowest BCUT2D eigenvalue weighted by Crippen LogP contribution is -2.30. The summed E-state index contributed by atoms with van der Waals surface area (Å²) in [6.07, 6.45) is 88.8. The van der Waals surface area contributed by atoms with Crippen molar-refractivity contribution >= 4 is 17.9 Å². The molecule has 0 aliphatic carbocycles. The number of rotatable bonds is 62. The highest BCUT2D eigenvalue weighted by atomic mass is 16.6. The van der Waals surface area contributed by atoms with Crippen LogP contribution >= 0.6 is 0 Å². The van der Waals surface area contributed by atoms with Gasteiger partial charge in [0.05, 0.1) is 0 Å². The number of carbonyl (C=O) groups excluding carboxylic acids is 3. The first-order chi connectivity index (χ1) is 39.0. The maximum atomic E-state index is 12.9. The number of carbonyl (C=O) groups is 3. The molecule has 0 bridgehead atoms. The van der Waals surface area contributed by atoms with Gasteiger partial charge in [0.15, 0.2) is 6.10 Å². The standard InChI is InChI=1S/C73H128O6/c1-4-7-10-13-16-19-22-25-28-31-33-34-35-36-37-38-40-42-45-48-51-54-57-60-63-66-72(75)78-69-70(68-77-71(74)65-62-59-56-53-50-47-44-41-30-27-24-21-18-15-12-9-6-3)79-73(76)67-64-61-58-55-52-49-46-43-39-32-29-26-23-20-17-14-11-8-5-2/h9,12,18,21-22,25,27,30-31,33,35-36,44,47,70H,4-8,10-11,13-17,19-20,23-24,26,28-29,32,34,37-43,45-46,48-69H2,1-3H3/b12-9-,21-18-,25-22-,30-27-,33-31-,36-35-,47-44-. The van der Waals surface area contributed by atoms with E-state index in [0.29, 0.717) is 19.3 Å². The van der Waals surface area contributed by atoms with Gasteiger partial charge in [0.25, 0.3) is 0 Å². The molecule has 0 aliphatic rings. The monoisotopic (exact) mass is 1100 g/mol. The van der Waals surface area contributed by atoms with Crippen molar-refractivity contribution in [1.82, 2.24) is 0 Å². The Kier molecular flexibility index (Phi) is 64.2. The van der Waals surface area contributed by atoms with E-state index in [4.69, 9.17) is 14.2 Å². The second-order valence-corrected chi connectivity index (χ2v) is 22.7. The molecule has 0 N–H and O–H groups in total. The Balaban J connectivity index is 4.36. The maximum Gasteiger partial charge on any atom is 0.306 e. The van der Waals surface area contributed by atoms with Gasteiger partial charge in [-0.3, -0.25) is 14.4 Å². The van der Waals surface area contributed by atoms with Gasteiger partial charge in [-0.2, -0.15) is 0 Å². The zero-order valence-electron chi connectivity index (χ0n) is 52.4. The average molecular weight is 1100 g/mol. The van der Waals surface area contributed by atoms with Crippen molar-refractivity contribution in [3.63, 3.8) is 0 Å². The van der Waals surface area contributed by atoms with Crippen LogP contribution in [-0.4, -0.2) is 37.2 Å². The van der Waals surface area contributed by atoms with Crippen molar-refractivity contribution in [2.24, 2.45) is 0 Å². The van der Waals surface area contributed by atoms with Crippen LogP contribution in [0.15, 0.2) is 85.1 Å². The minimum atomic E-state index is -0.789. The number of esters is 3. The molecule has 0 aromatic carbocycles. The predicted octanol–water partition coefficient (Wildman–Crippen LogP) is 23.4. The molecule has 1 atom stereocenters. The van der Waals surface area contributed by atoms with Crippen molar-refractivity contribution in [2.75, 3.05) is 13.2 Å². The maximum absolute atomic E-state index is 12.9. The van der Waals surface area contributed by atoms with Crippen LogP contribution in [0.1, 0.15) is 342 Å². The third-order valence-electron chi connectivity index (χ3n) is 14.9. The Labute approximate surface area is 490 Å². The molecule has 0 amide bonds. The molecular formula is C73H128O6. The molecule has 0 spiro atoms. The van der Waals surface area contributed by atoms with Crippen LogP contribution in [0.4, 0.5) is 0 Å². The van der Waals surface area contributed by atoms with Gasteiger partial charge in [0, 0.05) is 19.3 Å². The van der Waals surface area contributed by atoms with E-state index in [-0.39, 0.29) is 31.1 Å². The van der Waals surface area contributed by atoms with Crippen LogP contribution in [-0.2, 0) is 28.6 Å². The van der Waals surface area contributed by atoms with Gasteiger partial charge in [-0.25, -0.2) is 0 Å². The topological polar surface area (TPSA) is 78.9 Å². The Hall–Kier alpha value is -3.41. The van der Waals surface area contributed by atoms with Crippen LogP contribution in [0.5, 0.6) is 0 Å². The van der Waals surface area contributed by atoms with Gasteiger partial charge in [-0.15, -0.1) is 0 Å². The first-order valence-corrected chi connectivity index (χ1v) is 34.1. The van der Waals surface area contributed by atoms with Gasteiger partial charge >= 0.3 is 17.9 Å². The summed E-state index contributed by atoms with van der Waals surface area (Å²) in [7, 11) is 0. The number of unbranched alkanes of at least 4 members (excludes halogenated alkanes) is 37. The van der Waals surface area contributed by atoms with Crippen LogP contribution in [0.25, 0.3) is 0 Å². The second-order valence-electron chi connectivity index (χ2n) is 22.7. The van der Waals surface area contributed by atoms with E-state index < -0.39 is 6.10 Å². The molecule has 1 unspecified atom stereocenters. The Morgan fingerprint density at radius 2 is 0.494 bits per heavy atom. The molecule has 6 heteroatoms. The minimum Gasteiger partial charge on any atom is -0.462 e. The fraction of sp³-hybridized carbons (Fsp3) is 0.767. The summed E-state index contributed by atoms with van der Waals surface area (Å²) in [5.74, 6) is -0.894. The van der Waals surface area contributed by atoms with Crippen molar-refractivity contribution in [3.05, 3.63) is 85.1 Å². The van der Waals surface area contributed by atoms with Gasteiger partial charge in [0.1, 0.15) is 13.2 Å². The molecule has 0 saturated heterocycles. The molecule has 0 aliphatic heterocycles. The molecule has 0 radical (unpaired) electrons. The van der Waals surface area contributed by atoms with E-state index in [2.05, 4.69) is 106 Å². The van der Waals surface area contributed by atoms with E-state index in [1.165, 1.54) is 193 Å². The molecule has 6 nitrogen and oxygen atoms in total. The van der Waals surface area contributed by atoms with E-state index in [1.54, 1.807) is 0 Å². The van der Waals surface area contributed by atoms with Gasteiger partial charge < -0.3 is 14.2 Å². The lowest BCUT2D eigenvalue weighted by atomic mass is 10.0. The van der Waals surface area contributed by atoms with Gasteiger partial charge in [-0.05, 0) is 96.3 Å². The number of ether oxygens (including phenoxy) is 3. The van der Waals surface area contributed by atoms with Crippen molar-refractivity contribution in [3.8, 4) is 0 Å². The first-order valence-electron chi connectivity index (χ1n) is 34.1. The van der Waals surface area contributed by atoms with E-state index in [9.17, 15) is 14.4 Å². The van der Waals surface area contributed by atoms with Crippen molar-refractivity contribution < 1.29 is 28.6 Å². The van der Waals surface area contributed by atoms with Crippen LogP contribution in [0, 0.1) is 0 Å². The van der Waals surface area contributed by atoms with Crippen molar-refractivity contribution in [2.45, 2.75) is 348 Å². The number of allylic oxidation sites excluding steroid dienone is 14. The van der Waals surface area contributed by atoms with Crippen LogP contribution in [0.2, 0.25) is 0 Å². The normalized spacial score (nSPS) is 12.6. The van der Waals surface area contributed by atoms with Gasteiger partial charge in [0.2, 0.25) is 0 Å². The summed E-state index contributed by atoms with van der Waals surface area (Å²) in [4.78, 5) is 38.4. The van der Waals surface area contributed by atoms with Crippen LogP contribution < -0.4 is 0 Å². The van der Waals surface area contributed by atoms with E-state index >= 15 is 0 Å². The average Bonchev–Trinajstić information content (AvgIpc) is 3.45. The van der Waals surface area contributed by atoms with E-state index in [1.807, 2.05) is 0 Å². The second kappa shape index (κ2) is 67.1. The molecule has 0 saturated carbocycles. The molecule has 456 valence electrons. The highest BCUT2D eigenvalue weighted by Gasteiger charge is 2.19. The summed E-state index contributed by atoms with van der Waals surface area (Å²) >= 11 is 0. The summed E-state index contributed by atoms with van der Waals surface area (Å²) in [6, 6.07) is 0. The Morgan fingerprint density at radius 3 is 0.772 bits per heavy atom. The summed E-state index contributed by atoms with van der Waals surface area (Å²) < 4.78 is 17.0. The molecular weight excluding hydrogens is 973 g/mol. The SMILES string of the molecule is CC/C=C\C/C=C\C/C=C\C/C=C\CCCCCCC(=O)OCC(COC(=O)CCCCCCCCCCCC/C=C\C/C=C\C/C=C\CCCCCCC)OC(=O)CCCCCCCCCCCCCCCCCCCCC. The third-order valence-corrected chi connectivity index (χ3v) is 14.9. The number of hydrogen-bond donors (Lipinski definition) is 0. The zero-order chi connectivity index (χ0) is 57.1. The van der Waals surface area contributed by atoms with E-state index in [0.717, 1.165) is 109 Å². The van der Waals surface area contributed by atoms with Gasteiger partial charge in [-0.1, -0.05) is 311 Å². The van der Waals surface area contributed by atoms with Crippen LogP contribution in [0.3, 0.4) is 0 Å². The fourth-order valence-electron chi connectivity index (χ4n) is 9.80. The summed E-state index contributed by atoms with van der Waals surface area (Å²) in [5, 5.41) is 0. The lowest BCUT2D eigenvalue weighted by molar-refractivity contribution is -0.167. The largest absolute Gasteiger partial charge is 0.462 e. The minimum absolute atomic E-state index is 0.0839. The highest BCUT2D eigenvalue weighted by Crippen LogP contribution is 2.17. The molecule has 0 fully saturated rings. The lowest BCUT2D eigenvalue weighted by Gasteiger charge is -2.18. The number of hydrogen-bond acceptors (Lipinski definition) is 6. The smallest absolute Gasteiger partial charge is 0.306 e. The Bertz CT molecular complexity index is 1500. The van der Waals surface area contributed by atoms with Crippen molar-refractivity contribution in [1.29, 1.82) is 0 Å². The fourth-order valence-corrected chi connectivity index (χ4v) is 9.80. The summed E-state index contributed by atoms with van der Waals surface area (Å²) in [6.45, 7) is 6.54. The Morgan fingerprint density at radius 1 is 0.266 bits per heavy atom. The highest BCUT2D eigenvalue weighted by molar-refractivity contribution is 5.71. The third kappa shape index (κ3) is 65.3. The quantitative estimate of drug-likeness (QED) is 0.0261. The zero-order valence-corrected chi connectivity index (χ0v) is 52.4. The molecule has 0 aromatic heterocycles. The molecule has 0 heterocycles. The first kappa shape index (κ1) is 75.6. The molecule has 79 heavy (non-hydrogen) atoms. The molecule has 0 rings (SSSR count).